The maximum Gasteiger partial charge on any atom is 0.319 e. The van der Waals surface area contributed by atoms with Crippen molar-refractivity contribution in [2.75, 3.05) is 55.3 Å². The Morgan fingerprint density at radius 1 is 1.11 bits per heavy atom. The molecule has 1 aliphatic rings. The first kappa shape index (κ1) is 25.1. The van der Waals surface area contributed by atoms with E-state index in [1.807, 2.05) is 37.4 Å². The van der Waals surface area contributed by atoms with E-state index >= 15 is 0 Å². The highest BCUT2D eigenvalue weighted by atomic mass is 32.2. The lowest BCUT2D eigenvalue weighted by atomic mass is 10.2. The highest BCUT2D eigenvalue weighted by Crippen LogP contribution is 2.30. The molecule has 0 spiro atoms. The van der Waals surface area contributed by atoms with Crippen LogP contribution in [0.5, 0.6) is 0 Å². The second-order valence-corrected chi connectivity index (χ2v) is 10.6. The van der Waals surface area contributed by atoms with Crippen LogP contribution in [0, 0.1) is 0 Å². The topological polar surface area (TPSA) is 111 Å². The molecule has 0 saturated carbocycles. The third-order valence-corrected chi connectivity index (χ3v) is 7.45. The lowest BCUT2D eigenvalue weighted by molar-refractivity contribution is 0.252. The zero-order valence-corrected chi connectivity index (χ0v) is 22.0. The number of carbonyl (C=O) groups excluding carboxylic acids is 1. The van der Waals surface area contributed by atoms with Gasteiger partial charge in [0.2, 0.25) is 11.9 Å². The Morgan fingerprint density at radius 3 is 2.51 bits per heavy atom. The van der Waals surface area contributed by atoms with Crippen molar-refractivity contribution in [3.8, 4) is 0 Å². The number of thiazole rings is 1. The molecular weight excluding hydrogens is 482 g/mol. The molecule has 4 rings (SSSR count). The van der Waals surface area contributed by atoms with Crippen molar-refractivity contribution in [1.29, 1.82) is 0 Å². The molecule has 2 amide bonds. The summed E-state index contributed by atoms with van der Waals surface area (Å²) in [6, 6.07) is 7.38. The Morgan fingerprint density at radius 2 is 1.86 bits per heavy atom. The fourth-order valence-corrected chi connectivity index (χ4v) is 4.90. The fourth-order valence-electron chi connectivity index (χ4n) is 3.35. The second kappa shape index (κ2) is 11.6. The standard InChI is InChI=1S/C23H31N9OS2/c1-5-24-21(33)26-16-6-8-17(9-7-16)34-23-29-19(28-22-25-14-18(35-22)15(2)3)27-20(30-23)32-12-10-31(4)11-13-32/h6-9,14-15H,5,10-13H2,1-4H3,(H2,24,26,33)(H,25,27,28,29,30). The van der Waals surface area contributed by atoms with Crippen molar-refractivity contribution in [2.24, 2.45) is 0 Å². The normalized spacial score (nSPS) is 14.3. The summed E-state index contributed by atoms with van der Waals surface area (Å²) in [4.78, 5) is 37.0. The van der Waals surface area contributed by atoms with E-state index < -0.39 is 0 Å². The quantitative estimate of drug-likeness (QED) is 0.407. The van der Waals surface area contributed by atoms with Crippen molar-refractivity contribution < 1.29 is 4.79 Å². The number of carbonyl (C=O) groups is 1. The number of hydrogen-bond acceptors (Lipinski definition) is 10. The first-order valence-corrected chi connectivity index (χ1v) is 13.3. The van der Waals surface area contributed by atoms with E-state index in [4.69, 9.17) is 9.97 Å². The molecule has 10 nitrogen and oxygen atoms in total. The Kier molecular flexibility index (Phi) is 8.37. The summed E-state index contributed by atoms with van der Waals surface area (Å²) in [6.45, 7) is 10.4. The lowest BCUT2D eigenvalue weighted by Gasteiger charge is -2.32. The number of urea groups is 1. The maximum absolute atomic E-state index is 11.7. The SMILES string of the molecule is CCNC(=O)Nc1ccc(Sc2nc(Nc3ncc(C(C)C)s3)nc(N3CCN(C)CC3)n2)cc1. The highest BCUT2D eigenvalue weighted by molar-refractivity contribution is 7.99. The number of amides is 2. The number of hydrogen-bond donors (Lipinski definition) is 3. The first-order valence-electron chi connectivity index (χ1n) is 11.6. The number of nitrogens with one attached hydrogen (secondary N) is 3. The van der Waals surface area contributed by atoms with Gasteiger partial charge in [0.25, 0.3) is 0 Å². The molecular formula is C23H31N9OS2. The third kappa shape index (κ3) is 7.03. The van der Waals surface area contributed by atoms with Gasteiger partial charge in [-0.05, 0) is 55.9 Å². The molecule has 186 valence electrons. The summed E-state index contributed by atoms with van der Waals surface area (Å²) < 4.78 is 0. The second-order valence-electron chi connectivity index (χ2n) is 8.49. The van der Waals surface area contributed by atoms with Gasteiger partial charge in [-0.2, -0.15) is 15.0 Å². The maximum atomic E-state index is 11.7. The van der Waals surface area contributed by atoms with E-state index in [9.17, 15) is 4.79 Å². The van der Waals surface area contributed by atoms with E-state index in [0.717, 1.165) is 41.9 Å². The number of likely N-dealkylation sites (N-methyl/N-ethyl adjacent to an activating group) is 1. The highest BCUT2D eigenvalue weighted by Gasteiger charge is 2.19. The van der Waals surface area contributed by atoms with Gasteiger partial charge in [-0.3, -0.25) is 5.32 Å². The van der Waals surface area contributed by atoms with E-state index in [2.05, 4.69) is 56.6 Å². The summed E-state index contributed by atoms with van der Waals surface area (Å²) in [5.41, 5.74) is 0.723. The predicted molar refractivity (Wildman–Crippen MR) is 142 cm³/mol. The number of anilines is 4. The number of aromatic nitrogens is 4. The molecule has 3 heterocycles. The number of nitrogens with zero attached hydrogens (tertiary/aromatic N) is 6. The molecule has 1 saturated heterocycles. The molecule has 35 heavy (non-hydrogen) atoms. The van der Waals surface area contributed by atoms with Crippen LogP contribution >= 0.6 is 23.1 Å². The molecule has 12 heteroatoms. The molecule has 0 bridgehead atoms. The Labute approximate surface area is 214 Å². The van der Waals surface area contributed by atoms with Crippen LogP contribution in [0.1, 0.15) is 31.6 Å². The minimum atomic E-state index is -0.222. The molecule has 0 unspecified atom stereocenters. The van der Waals surface area contributed by atoms with Gasteiger partial charge in [0.05, 0.1) is 0 Å². The zero-order valence-electron chi connectivity index (χ0n) is 20.4. The van der Waals surface area contributed by atoms with Crippen molar-refractivity contribution in [3.05, 3.63) is 35.3 Å². The van der Waals surface area contributed by atoms with Crippen LogP contribution < -0.4 is 20.9 Å². The van der Waals surface area contributed by atoms with E-state index in [1.165, 1.54) is 16.6 Å². The molecule has 0 radical (unpaired) electrons. The summed E-state index contributed by atoms with van der Waals surface area (Å²) in [5, 5.41) is 10.2. The van der Waals surface area contributed by atoms with Gasteiger partial charge in [0.1, 0.15) is 0 Å². The van der Waals surface area contributed by atoms with Gasteiger partial charge in [-0.25, -0.2) is 9.78 Å². The predicted octanol–water partition coefficient (Wildman–Crippen LogP) is 4.24. The first-order chi connectivity index (χ1) is 16.9. The Bertz CT molecular complexity index is 1130. The van der Waals surface area contributed by atoms with Crippen molar-refractivity contribution in [3.63, 3.8) is 0 Å². The van der Waals surface area contributed by atoms with Crippen LogP contribution in [-0.2, 0) is 0 Å². The monoisotopic (exact) mass is 513 g/mol. The largest absolute Gasteiger partial charge is 0.338 e. The fraction of sp³-hybridized carbons (Fsp3) is 0.435. The Hall–Kier alpha value is -2.96. The Balaban J connectivity index is 1.54. The smallest absolute Gasteiger partial charge is 0.319 e. The van der Waals surface area contributed by atoms with Crippen molar-refractivity contribution >= 4 is 51.8 Å². The van der Waals surface area contributed by atoms with Crippen LogP contribution in [0.3, 0.4) is 0 Å². The summed E-state index contributed by atoms with van der Waals surface area (Å²) in [5.74, 6) is 1.56. The zero-order chi connectivity index (χ0) is 24.8. The van der Waals surface area contributed by atoms with Crippen molar-refractivity contribution in [2.45, 2.75) is 36.7 Å². The molecule has 1 aromatic carbocycles. The van der Waals surface area contributed by atoms with Crippen LogP contribution in [0.15, 0.2) is 40.5 Å². The number of piperazine rings is 1. The van der Waals surface area contributed by atoms with Crippen LogP contribution in [0.4, 0.5) is 27.5 Å². The van der Waals surface area contributed by atoms with Gasteiger partial charge in [0, 0.05) is 54.4 Å². The van der Waals surface area contributed by atoms with E-state index in [0.29, 0.717) is 29.5 Å². The van der Waals surface area contributed by atoms with E-state index in [1.54, 1.807) is 11.3 Å². The van der Waals surface area contributed by atoms with Gasteiger partial charge in [0.15, 0.2) is 10.3 Å². The third-order valence-electron chi connectivity index (χ3n) is 5.36. The van der Waals surface area contributed by atoms with Crippen LogP contribution in [0.2, 0.25) is 0 Å². The van der Waals surface area contributed by atoms with Crippen LogP contribution in [-0.4, -0.2) is 70.6 Å². The molecule has 2 aromatic heterocycles. The number of rotatable bonds is 8. The van der Waals surface area contributed by atoms with Gasteiger partial charge in [-0.1, -0.05) is 13.8 Å². The summed E-state index contributed by atoms with van der Waals surface area (Å²) in [6.07, 6.45) is 1.90. The molecule has 0 aliphatic carbocycles. The summed E-state index contributed by atoms with van der Waals surface area (Å²) in [7, 11) is 2.12. The van der Waals surface area contributed by atoms with Crippen LogP contribution in [0.25, 0.3) is 0 Å². The molecule has 3 aromatic rings. The minimum Gasteiger partial charge on any atom is -0.338 e. The lowest BCUT2D eigenvalue weighted by Crippen LogP contribution is -2.45. The van der Waals surface area contributed by atoms with Gasteiger partial charge in [-0.15, -0.1) is 11.3 Å². The molecule has 1 fully saturated rings. The van der Waals surface area contributed by atoms with E-state index in [-0.39, 0.29) is 6.03 Å². The average Bonchev–Trinajstić information content (AvgIpc) is 3.30. The molecule has 0 atom stereocenters. The molecule has 1 aliphatic heterocycles. The molecule has 3 N–H and O–H groups in total. The van der Waals surface area contributed by atoms with Gasteiger partial charge >= 0.3 is 6.03 Å². The average molecular weight is 514 g/mol. The summed E-state index contributed by atoms with van der Waals surface area (Å²) >= 11 is 3.06. The van der Waals surface area contributed by atoms with Gasteiger partial charge < -0.3 is 20.4 Å². The number of benzene rings is 1. The van der Waals surface area contributed by atoms with Crippen molar-refractivity contribution in [1.82, 2.24) is 30.2 Å². The minimum absolute atomic E-state index is 0.222.